The minimum Gasteiger partial charge on any atom is -0.451 e. The number of furan rings is 1. The fraction of sp³-hybridized carbons (Fsp3) is 0.172. The normalized spacial score (nSPS) is 13.6. The molecule has 0 bridgehead atoms. The minimum atomic E-state index is -0.561. The highest BCUT2D eigenvalue weighted by Gasteiger charge is 2.20. The van der Waals surface area contributed by atoms with E-state index in [1.807, 2.05) is 42.5 Å². The number of nitrogens with zero attached hydrogens (tertiary/aromatic N) is 3. The monoisotopic (exact) mass is 575 g/mol. The number of nitro groups is 1. The van der Waals surface area contributed by atoms with E-state index in [4.69, 9.17) is 28.2 Å². The highest BCUT2D eigenvalue weighted by molar-refractivity contribution is 7.80. The van der Waals surface area contributed by atoms with Crippen molar-refractivity contribution in [1.29, 1.82) is 0 Å². The van der Waals surface area contributed by atoms with Gasteiger partial charge >= 0.3 is 0 Å². The Balaban J connectivity index is 1.12. The van der Waals surface area contributed by atoms with Gasteiger partial charge < -0.3 is 14.6 Å². The van der Waals surface area contributed by atoms with Crippen molar-refractivity contribution < 1.29 is 14.1 Å². The molecule has 0 atom stereocenters. The number of rotatable bonds is 7. The molecule has 4 aromatic rings. The van der Waals surface area contributed by atoms with Gasteiger partial charge in [0.2, 0.25) is 0 Å². The molecule has 40 heavy (non-hydrogen) atoms. The summed E-state index contributed by atoms with van der Waals surface area (Å²) in [7, 11) is 0. The van der Waals surface area contributed by atoms with Crippen LogP contribution >= 0.6 is 23.8 Å². The number of para-hydroxylation sites is 1. The van der Waals surface area contributed by atoms with Crippen LogP contribution in [0.15, 0.2) is 89.3 Å². The Bertz CT molecular complexity index is 1530. The number of halogens is 1. The molecule has 5 rings (SSSR count). The molecule has 1 saturated heterocycles. The molecule has 1 fully saturated rings. The van der Waals surface area contributed by atoms with Crippen molar-refractivity contribution in [3.8, 4) is 11.3 Å². The molecule has 0 spiro atoms. The number of carbonyl (C=O) groups is 1. The molecule has 1 amide bonds. The summed E-state index contributed by atoms with van der Waals surface area (Å²) < 4.78 is 5.58. The van der Waals surface area contributed by atoms with Crippen LogP contribution in [0, 0.1) is 10.1 Å². The van der Waals surface area contributed by atoms with Crippen molar-refractivity contribution in [3.05, 3.63) is 111 Å². The number of piperazine rings is 1. The summed E-state index contributed by atoms with van der Waals surface area (Å²) in [4.78, 5) is 28.2. The van der Waals surface area contributed by atoms with Crippen molar-refractivity contribution in [2.75, 3.05) is 36.4 Å². The third-order valence-electron chi connectivity index (χ3n) is 6.64. The molecule has 2 heterocycles. The third-order valence-corrected chi connectivity index (χ3v) is 7.21. The predicted molar refractivity (Wildman–Crippen MR) is 160 cm³/mol. The maximum atomic E-state index is 12.6. The number of anilines is 2. The zero-order valence-electron chi connectivity index (χ0n) is 21.4. The van der Waals surface area contributed by atoms with Crippen LogP contribution in [0.3, 0.4) is 0 Å². The summed E-state index contributed by atoms with van der Waals surface area (Å²) in [6, 6.07) is 24.9. The summed E-state index contributed by atoms with van der Waals surface area (Å²) in [5.41, 5.74) is 3.16. The number of nitrogens with one attached hydrogen (secondary N) is 2. The summed E-state index contributed by atoms with van der Waals surface area (Å²) in [5, 5.41) is 17.8. The number of amides is 1. The largest absolute Gasteiger partial charge is 0.451 e. The van der Waals surface area contributed by atoms with Crippen molar-refractivity contribution in [1.82, 2.24) is 10.2 Å². The van der Waals surface area contributed by atoms with Crippen LogP contribution in [0.5, 0.6) is 0 Å². The minimum absolute atomic E-state index is 0.0127. The van der Waals surface area contributed by atoms with E-state index >= 15 is 0 Å². The van der Waals surface area contributed by atoms with E-state index in [-0.39, 0.29) is 27.9 Å². The average Bonchev–Trinajstić information content (AvgIpc) is 3.46. The molecule has 3 aromatic carbocycles. The first kappa shape index (κ1) is 27.3. The third kappa shape index (κ3) is 6.48. The highest BCUT2D eigenvalue weighted by atomic mass is 35.5. The molecule has 1 aliphatic heterocycles. The Labute approximate surface area is 241 Å². The molecule has 2 N–H and O–H groups in total. The van der Waals surface area contributed by atoms with Crippen molar-refractivity contribution >= 4 is 51.9 Å². The van der Waals surface area contributed by atoms with Crippen LogP contribution in [0.25, 0.3) is 11.3 Å². The Morgan fingerprint density at radius 1 is 0.950 bits per heavy atom. The highest BCUT2D eigenvalue weighted by Crippen LogP contribution is 2.31. The SMILES string of the molecule is O=C(NC(=S)Nc1ccc(N2CCN(Cc3ccccc3Cl)CC2)cc1)c1ccc(-c2ccccc2[N+](=O)[O-])o1. The van der Waals surface area contributed by atoms with Gasteiger partial charge in [-0.15, -0.1) is 0 Å². The maximum Gasteiger partial charge on any atom is 0.293 e. The lowest BCUT2D eigenvalue weighted by Crippen LogP contribution is -2.46. The van der Waals surface area contributed by atoms with E-state index in [9.17, 15) is 14.9 Å². The van der Waals surface area contributed by atoms with Gasteiger partial charge in [0, 0.05) is 55.2 Å². The standard InChI is InChI=1S/C29H26ClN5O4S/c30-24-7-3-1-5-20(24)19-33-15-17-34(18-16-33)22-11-9-21(10-12-22)31-29(40)32-28(36)27-14-13-26(39-27)23-6-2-4-8-25(23)35(37)38/h1-14H,15-19H2,(H2,31,32,36,40). The first-order chi connectivity index (χ1) is 19.4. The predicted octanol–water partition coefficient (Wildman–Crippen LogP) is 5.96. The van der Waals surface area contributed by atoms with Crippen LogP contribution in [-0.2, 0) is 6.54 Å². The van der Waals surface area contributed by atoms with Gasteiger partial charge in [0.15, 0.2) is 10.9 Å². The van der Waals surface area contributed by atoms with Gasteiger partial charge in [-0.1, -0.05) is 41.9 Å². The smallest absolute Gasteiger partial charge is 0.293 e. The van der Waals surface area contributed by atoms with Gasteiger partial charge in [0.05, 0.1) is 10.5 Å². The molecular formula is C29H26ClN5O4S. The number of benzene rings is 3. The number of hydrogen-bond acceptors (Lipinski definition) is 7. The molecule has 11 heteroatoms. The molecule has 1 aromatic heterocycles. The van der Waals surface area contributed by atoms with Crippen LogP contribution in [0.4, 0.5) is 17.1 Å². The van der Waals surface area contributed by atoms with Gasteiger partial charge in [-0.2, -0.15) is 0 Å². The number of thiocarbonyl (C=S) groups is 1. The lowest BCUT2D eigenvalue weighted by Gasteiger charge is -2.36. The molecule has 1 aliphatic rings. The first-order valence-electron chi connectivity index (χ1n) is 12.6. The van der Waals surface area contributed by atoms with Crippen LogP contribution in [0.1, 0.15) is 16.1 Å². The maximum absolute atomic E-state index is 12.6. The quantitative estimate of drug-likeness (QED) is 0.158. The second kappa shape index (κ2) is 12.3. The van der Waals surface area contributed by atoms with E-state index in [1.54, 1.807) is 18.2 Å². The van der Waals surface area contributed by atoms with E-state index in [2.05, 4.69) is 26.5 Å². The molecule has 0 radical (unpaired) electrons. The Kier molecular flexibility index (Phi) is 8.40. The summed E-state index contributed by atoms with van der Waals surface area (Å²) in [5.74, 6) is -0.355. The summed E-state index contributed by atoms with van der Waals surface area (Å²) in [6.07, 6.45) is 0. The zero-order chi connectivity index (χ0) is 28.1. The Morgan fingerprint density at radius 3 is 2.38 bits per heavy atom. The molecule has 0 saturated carbocycles. The summed E-state index contributed by atoms with van der Waals surface area (Å²) >= 11 is 11.6. The van der Waals surface area contributed by atoms with E-state index in [1.165, 1.54) is 18.2 Å². The first-order valence-corrected chi connectivity index (χ1v) is 13.4. The van der Waals surface area contributed by atoms with Crippen LogP contribution in [-0.4, -0.2) is 47.0 Å². The topological polar surface area (TPSA) is 104 Å². The van der Waals surface area contributed by atoms with E-state index in [0.717, 1.165) is 54.7 Å². The molecule has 9 nitrogen and oxygen atoms in total. The van der Waals surface area contributed by atoms with Gasteiger partial charge in [0.1, 0.15) is 5.76 Å². The van der Waals surface area contributed by atoms with Gasteiger partial charge in [-0.05, 0) is 66.3 Å². The lowest BCUT2D eigenvalue weighted by atomic mass is 10.1. The van der Waals surface area contributed by atoms with Crippen LogP contribution < -0.4 is 15.5 Å². The molecule has 0 unspecified atom stereocenters. The van der Waals surface area contributed by atoms with Crippen LogP contribution in [0.2, 0.25) is 5.02 Å². The van der Waals surface area contributed by atoms with Gasteiger partial charge in [0.25, 0.3) is 11.6 Å². The lowest BCUT2D eigenvalue weighted by molar-refractivity contribution is -0.384. The molecule has 0 aliphatic carbocycles. The van der Waals surface area contributed by atoms with Crippen molar-refractivity contribution in [2.24, 2.45) is 0 Å². The van der Waals surface area contributed by atoms with Crippen molar-refractivity contribution in [3.63, 3.8) is 0 Å². The molecule has 204 valence electrons. The van der Waals surface area contributed by atoms with Crippen molar-refractivity contribution in [2.45, 2.75) is 6.54 Å². The zero-order valence-corrected chi connectivity index (χ0v) is 23.0. The Hall–Kier alpha value is -4.25. The molecular weight excluding hydrogens is 550 g/mol. The average molecular weight is 576 g/mol. The number of carbonyl (C=O) groups excluding carboxylic acids is 1. The van der Waals surface area contributed by atoms with E-state index < -0.39 is 10.8 Å². The summed E-state index contributed by atoms with van der Waals surface area (Å²) in [6.45, 7) is 4.53. The van der Waals surface area contributed by atoms with Gasteiger partial charge in [-0.3, -0.25) is 25.1 Å². The number of hydrogen-bond donors (Lipinski definition) is 2. The second-order valence-electron chi connectivity index (χ2n) is 9.25. The van der Waals surface area contributed by atoms with E-state index in [0.29, 0.717) is 0 Å². The fourth-order valence-corrected chi connectivity index (χ4v) is 4.97. The fourth-order valence-electron chi connectivity index (χ4n) is 4.56. The van der Waals surface area contributed by atoms with Gasteiger partial charge in [-0.25, -0.2) is 0 Å². The second-order valence-corrected chi connectivity index (χ2v) is 10.1. The number of nitro benzene ring substituents is 1. The Morgan fingerprint density at radius 2 is 1.65 bits per heavy atom.